The van der Waals surface area contributed by atoms with Crippen LogP contribution in [0, 0.1) is 12.7 Å². The van der Waals surface area contributed by atoms with E-state index in [0.29, 0.717) is 29.4 Å². The predicted molar refractivity (Wildman–Crippen MR) is 66.6 cm³/mol. The number of nitrogens with zero attached hydrogens (tertiary/aromatic N) is 2. The van der Waals surface area contributed by atoms with Gasteiger partial charge in [-0.2, -0.15) is 0 Å². The molecular weight excluding hydrogens is 239 g/mol. The normalized spacial score (nSPS) is 10.5. The Bertz CT molecular complexity index is 529. The highest BCUT2D eigenvalue weighted by Crippen LogP contribution is 2.21. The van der Waals surface area contributed by atoms with Crippen LogP contribution in [0.3, 0.4) is 0 Å². The maximum Gasteiger partial charge on any atom is 0.132 e. The van der Waals surface area contributed by atoms with Crippen LogP contribution in [0.15, 0.2) is 30.3 Å². The second kappa shape index (κ2) is 5.23. The van der Waals surface area contributed by atoms with Crippen molar-refractivity contribution >= 4 is 11.6 Å². The Labute approximate surface area is 104 Å². The minimum atomic E-state index is -0.276. The molecule has 17 heavy (non-hydrogen) atoms. The van der Waals surface area contributed by atoms with E-state index in [2.05, 4.69) is 9.97 Å². The van der Waals surface area contributed by atoms with Gasteiger partial charge in [0.25, 0.3) is 0 Å². The van der Waals surface area contributed by atoms with Gasteiger partial charge in [0.05, 0.1) is 5.69 Å². The van der Waals surface area contributed by atoms with Gasteiger partial charge in [-0.25, -0.2) is 14.4 Å². The highest BCUT2D eigenvalue weighted by Gasteiger charge is 2.08. The third-order valence-electron chi connectivity index (χ3n) is 2.37. The van der Waals surface area contributed by atoms with Crippen molar-refractivity contribution in [3.8, 4) is 11.3 Å². The average molecular weight is 251 g/mol. The van der Waals surface area contributed by atoms with Crippen LogP contribution in [-0.4, -0.2) is 15.8 Å². The number of hydrogen-bond acceptors (Lipinski definition) is 2. The highest BCUT2D eigenvalue weighted by molar-refractivity contribution is 6.17. The van der Waals surface area contributed by atoms with E-state index in [1.165, 1.54) is 6.07 Å². The fourth-order valence-electron chi connectivity index (χ4n) is 1.63. The van der Waals surface area contributed by atoms with Gasteiger partial charge in [0.2, 0.25) is 0 Å². The molecular formula is C13H12ClFN2. The van der Waals surface area contributed by atoms with E-state index in [1.54, 1.807) is 24.3 Å². The van der Waals surface area contributed by atoms with Gasteiger partial charge in [-0.15, -0.1) is 11.6 Å². The van der Waals surface area contributed by atoms with E-state index < -0.39 is 0 Å². The first kappa shape index (κ1) is 12.0. The first-order chi connectivity index (χ1) is 8.20. The Morgan fingerprint density at radius 3 is 2.71 bits per heavy atom. The molecule has 0 radical (unpaired) electrons. The van der Waals surface area contributed by atoms with Crippen molar-refractivity contribution in [1.82, 2.24) is 9.97 Å². The second-order valence-corrected chi connectivity index (χ2v) is 4.11. The summed E-state index contributed by atoms with van der Waals surface area (Å²) in [5.74, 6) is 0.834. The van der Waals surface area contributed by atoms with Crippen LogP contribution in [0.1, 0.15) is 11.5 Å². The van der Waals surface area contributed by atoms with Crippen LogP contribution in [0.2, 0.25) is 0 Å². The molecule has 2 aromatic rings. The van der Waals surface area contributed by atoms with Crippen molar-refractivity contribution in [2.75, 3.05) is 5.88 Å². The minimum Gasteiger partial charge on any atom is -0.238 e. The molecule has 0 unspecified atom stereocenters. The maximum absolute atomic E-state index is 13.6. The van der Waals surface area contributed by atoms with Crippen molar-refractivity contribution in [1.29, 1.82) is 0 Å². The zero-order chi connectivity index (χ0) is 12.3. The second-order valence-electron chi connectivity index (χ2n) is 3.73. The molecule has 0 fully saturated rings. The average Bonchev–Trinajstić information content (AvgIpc) is 2.29. The van der Waals surface area contributed by atoms with Gasteiger partial charge in [-0.05, 0) is 25.1 Å². The molecule has 2 rings (SSSR count). The van der Waals surface area contributed by atoms with Crippen molar-refractivity contribution in [2.45, 2.75) is 13.3 Å². The molecule has 1 aromatic carbocycles. The number of aryl methyl sites for hydroxylation is 2. The van der Waals surface area contributed by atoms with Gasteiger partial charge in [0, 0.05) is 23.6 Å². The SMILES string of the molecule is Cc1cc(-c2ccccc2F)nc(CCCl)n1. The summed E-state index contributed by atoms with van der Waals surface area (Å²) in [4.78, 5) is 8.58. The van der Waals surface area contributed by atoms with Crippen molar-refractivity contribution in [2.24, 2.45) is 0 Å². The van der Waals surface area contributed by atoms with Gasteiger partial charge in [0.15, 0.2) is 0 Å². The largest absolute Gasteiger partial charge is 0.238 e. The molecule has 0 amide bonds. The lowest BCUT2D eigenvalue weighted by atomic mass is 10.1. The van der Waals surface area contributed by atoms with Crippen LogP contribution in [0.4, 0.5) is 4.39 Å². The van der Waals surface area contributed by atoms with Crippen molar-refractivity contribution in [3.63, 3.8) is 0 Å². The van der Waals surface area contributed by atoms with Crippen molar-refractivity contribution < 1.29 is 4.39 Å². The molecule has 1 heterocycles. The molecule has 0 bridgehead atoms. The van der Waals surface area contributed by atoms with Crippen molar-refractivity contribution in [3.05, 3.63) is 47.7 Å². The molecule has 88 valence electrons. The van der Waals surface area contributed by atoms with Gasteiger partial charge in [-0.1, -0.05) is 12.1 Å². The lowest BCUT2D eigenvalue weighted by Crippen LogP contribution is -2.00. The van der Waals surface area contributed by atoms with E-state index in [1.807, 2.05) is 6.92 Å². The number of benzene rings is 1. The summed E-state index contributed by atoms with van der Waals surface area (Å²) in [5.41, 5.74) is 1.92. The van der Waals surface area contributed by atoms with E-state index in [0.717, 1.165) is 5.69 Å². The molecule has 4 heteroatoms. The van der Waals surface area contributed by atoms with Crippen LogP contribution in [-0.2, 0) is 6.42 Å². The fraction of sp³-hybridized carbons (Fsp3) is 0.231. The summed E-state index contributed by atoms with van der Waals surface area (Å²) >= 11 is 5.66. The molecule has 0 atom stereocenters. The van der Waals surface area contributed by atoms with Crippen LogP contribution >= 0.6 is 11.6 Å². The van der Waals surface area contributed by atoms with Crippen LogP contribution in [0.25, 0.3) is 11.3 Å². The summed E-state index contributed by atoms with van der Waals surface area (Å²) < 4.78 is 13.6. The summed E-state index contributed by atoms with van der Waals surface area (Å²) in [6.45, 7) is 1.86. The molecule has 0 N–H and O–H groups in total. The predicted octanol–water partition coefficient (Wildman–Crippen LogP) is 3.37. The number of hydrogen-bond donors (Lipinski definition) is 0. The van der Waals surface area contributed by atoms with Gasteiger partial charge < -0.3 is 0 Å². The quantitative estimate of drug-likeness (QED) is 0.781. The van der Waals surface area contributed by atoms with E-state index >= 15 is 0 Å². The summed E-state index contributed by atoms with van der Waals surface area (Å²) in [7, 11) is 0. The maximum atomic E-state index is 13.6. The zero-order valence-electron chi connectivity index (χ0n) is 9.45. The third-order valence-corrected chi connectivity index (χ3v) is 2.56. The summed E-state index contributed by atoms with van der Waals surface area (Å²) in [6.07, 6.45) is 0.588. The number of rotatable bonds is 3. The standard InChI is InChI=1S/C13H12ClFN2/c1-9-8-12(17-13(16-9)6-7-14)10-4-2-3-5-11(10)15/h2-5,8H,6-7H2,1H3. The Morgan fingerprint density at radius 1 is 1.24 bits per heavy atom. The molecule has 0 saturated heterocycles. The number of alkyl halides is 1. The summed E-state index contributed by atoms with van der Waals surface area (Å²) in [6, 6.07) is 8.36. The topological polar surface area (TPSA) is 25.8 Å². The molecule has 0 aliphatic rings. The molecule has 2 nitrogen and oxygen atoms in total. The lowest BCUT2D eigenvalue weighted by molar-refractivity contribution is 0.630. The third kappa shape index (κ3) is 2.80. The minimum absolute atomic E-state index is 0.276. The molecule has 0 spiro atoms. The monoisotopic (exact) mass is 250 g/mol. The smallest absolute Gasteiger partial charge is 0.132 e. The van der Waals surface area contributed by atoms with Crippen LogP contribution < -0.4 is 0 Å². The number of aromatic nitrogens is 2. The molecule has 0 aliphatic heterocycles. The Hall–Kier alpha value is -1.48. The van der Waals surface area contributed by atoms with E-state index in [9.17, 15) is 4.39 Å². The zero-order valence-corrected chi connectivity index (χ0v) is 10.2. The van der Waals surface area contributed by atoms with Gasteiger partial charge >= 0.3 is 0 Å². The lowest BCUT2D eigenvalue weighted by Gasteiger charge is -2.06. The van der Waals surface area contributed by atoms with Gasteiger partial charge in [0.1, 0.15) is 11.6 Å². The Kier molecular flexibility index (Phi) is 3.69. The Morgan fingerprint density at radius 2 is 2.00 bits per heavy atom. The van der Waals surface area contributed by atoms with Gasteiger partial charge in [-0.3, -0.25) is 0 Å². The fourth-order valence-corrected chi connectivity index (χ4v) is 1.80. The molecule has 1 aromatic heterocycles. The molecule has 0 aliphatic carbocycles. The number of halogens is 2. The first-order valence-corrected chi connectivity index (χ1v) is 5.89. The summed E-state index contributed by atoms with van der Waals surface area (Å²) in [5, 5.41) is 0. The highest BCUT2D eigenvalue weighted by atomic mass is 35.5. The first-order valence-electron chi connectivity index (χ1n) is 5.36. The van der Waals surface area contributed by atoms with E-state index in [-0.39, 0.29) is 5.82 Å². The van der Waals surface area contributed by atoms with E-state index in [4.69, 9.17) is 11.6 Å². The van der Waals surface area contributed by atoms with Crippen LogP contribution in [0.5, 0.6) is 0 Å². The molecule has 0 saturated carbocycles. The Balaban J connectivity index is 2.48.